The van der Waals surface area contributed by atoms with Crippen molar-refractivity contribution in [2.75, 3.05) is 11.4 Å². The highest BCUT2D eigenvalue weighted by Gasteiger charge is 2.80. The molecular weight excluding hydrogens is 466 g/mol. The minimum Gasteiger partial charge on any atom is -0.777 e. The lowest BCUT2D eigenvalue weighted by atomic mass is 10.0. The summed E-state index contributed by atoms with van der Waals surface area (Å²) >= 11 is 10.8. The highest BCUT2D eigenvalue weighted by Crippen LogP contribution is 2.59. The van der Waals surface area contributed by atoms with Gasteiger partial charge < -0.3 is 17.5 Å². The molecule has 2 fully saturated rings. The Hall–Kier alpha value is -2.04. The van der Waals surface area contributed by atoms with Gasteiger partial charge in [0.2, 0.25) is 6.17 Å². The number of quaternary nitrogens is 1. The van der Waals surface area contributed by atoms with Crippen LogP contribution in [0.4, 0.5) is 37.7 Å². The Bertz CT molecular complexity index is 1140. The number of hydrogen-bond acceptors (Lipinski definition) is 3. The van der Waals surface area contributed by atoms with E-state index in [1.807, 2.05) is 0 Å². The molecule has 0 aromatic heterocycles. The normalized spacial score (nSPS) is 28.6. The molecule has 3 atom stereocenters. The molecule has 2 aromatic rings. The summed E-state index contributed by atoms with van der Waals surface area (Å²) in [6, 6.07) is 4.41. The van der Waals surface area contributed by atoms with Gasteiger partial charge in [0.25, 0.3) is 5.92 Å². The number of amides is 1. The largest absolute Gasteiger partial charge is 0.777 e. The highest BCUT2D eigenvalue weighted by atomic mass is 35.5. The molecule has 0 aliphatic carbocycles. The number of rotatable bonds is 1. The van der Waals surface area contributed by atoms with Gasteiger partial charge in [-0.2, -0.15) is 17.7 Å². The topological polar surface area (TPSA) is 20.3 Å². The molecule has 3 aliphatic rings. The van der Waals surface area contributed by atoms with Crippen molar-refractivity contribution in [3.8, 4) is 0 Å². The molecule has 3 aliphatic heterocycles. The molecule has 31 heavy (non-hydrogen) atoms. The first-order valence-electron chi connectivity index (χ1n) is 9.33. The van der Waals surface area contributed by atoms with Crippen LogP contribution in [0.2, 0.25) is 5.02 Å². The van der Waals surface area contributed by atoms with E-state index in [0.29, 0.717) is 0 Å². The summed E-state index contributed by atoms with van der Waals surface area (Å²) in [5.41, 5.74) is -1.06. The predicted octanol–water partition coefficient (Wildman–Crippen LogP) is 5.51. The average molecular weight is 479 g/mol. The number of halogens is 7. The summed E-state index contributed by atoms with van der Waals surface area (Å²) in [7, 11) is 0. The minimum absolute atomic E-state index is 0.0682. The molecular formula is C20H13ClF6N2OS. The van der Waals surface area contributed by atoms with Gasteiger partial charge >= 0.3 is 12.1 Å². The zero-order valence-electron chi connectivity index (χ0n) is 15.5. The molecule has 3 heterocycles. The first kappa shape index (κ1) is 20.8. The number of anilines is 1. The molecule has 164 valence electrons. The maximum absolute atomic E-state index is 14.5. The molecule has 0 bridgehead atoms. The highest BCUT2D eigenvalue weighted by molar-refractivity contribution is 7.58. The Morgan fingerprint density at radius 1 is 1.19 bits per heavy atom. The van der Waals surface area contributed by atoms with E-state index < -0.39 is 63.9 Å². The molecule has 2 aromatic carbocycles. The maximum atomic E-state index is 14.5. The average Bonchev–Trinajstić information content (AvgIpc) is 3.33. The maximum Gasteiger partial charge on any atom is 0.417 e. The first-order valence-corrected chi connectivity index (χ1v) is 10.1. The van der Waals surface area contributed by atoms with Gasteiger partial charge in [-0.1, -0.05) is 11.6 Å². The molecule has 0 spiro atoms. The minimum atomic E-state index is -4.77. The van der Waals surface area contributed by atoms with E-state index in [2.05, 4.69) is 0 Å². The molecule has 2 saturated heterocycles. The van der Waals surface area contributed by atoms with Crippen LogP contribution in [0.1, 0.15) is 28.8 Å². The van der Waals surface area contributed by atoms with Gasteiger partial charge in [0.1, 0.15) is 17.1 Å². The number of carbonyl (C=O) groups is 1. The van der Waals surface area contributed by atoms with E-state index >= 15 is 0 Å². The zero-order valence-corrected chi connectivity index (χ0v) is 17.1. The monoisotopic (exact) mass is 478 g/mol. The second-order valence-corrected chi connectivity index (χ2v) is 8.88. The fourth-order valence-corrected chi connectivity index (χ4v) is 5.45. The van der Waals surface area contributed by atoms with Crippen LogP contribution in [0.25, 0.3) is 0 Å². The van der Waals surface area contributed by atoms with Crippen LogP contribution in [0.3, 0.4) is 0 Å². The molecule has 11 heteroatoms. The molecule has 3 nitrogen and oxygen atoms in total. The number of alkyl halides is 5. The summed E-state index contributed by atoms with van der Waals surface area (Å²) in [6.45, 7) is -0.241. The van der Waals surface area contributed by atoms with Crippen molar-refractivity contribution in [3.63, 3.8) is 0 Å². The Morgan fingerprint density at radius 3 is 2.55 bits per heavy atom. The van der Waals surface area contributed by atoms with Crippen LogP contribution in [0.15, 0.2) is 35.2 Å². The lowest BCUT2D eigenvalue weighted by Gasteiger charge is -2.35. The summed E-state index contributed by atoms with van der Waals surface area (Å²) in [5.74, 6) is -4.45. The lowest BCUT2D eigenvalue weighted by Crippen LogP contribution is -2.50. The molecule has 1 amide bonds. The third kappa shape index (κ3) is 2.81. The third-order valence-corrected chi connectivity index (χ3v) is 6.97. The summed E-state index contributed by atoms with van der Waals surface area (Å²) < 4.78 is 82.4. The van der Waals surface area contributed by atoms with Gasteiger partial charge in [-0.15, -0.1) is 4.90 Å². The van der Waals surface area contributed by atoms with Gasteiger partial charge in [-0.05, 0) is 24.3 Å². The summed E-state index contributed by atoms with van der Waals surface area (Å²) in [6.07, 6.45) is -6.79. The second-order valence-electron chi connectivity index (χ2n) is 8.03. The Balaban J connectivity index is 1.75. The Morgan fingerprint density at radius 2 is 1.90 bits per heavy atom. The van der Waals surface area contributed by atoms with Crippen molar-refractivity contribution in [1.82, 2.24) is 4.48 Å². The van der Waals surface area contributed by atoms with Crippen LogP contribution in [-0.4, -0.2) is 30.6 Å². The summed E-state index contributed by atoms with van der Waals surface area (Å²) in [5, 5.41) is -0.653. The van der Waals surface area contributed by atoms with Crippen molar-refractivity contribution in [2.24, 2.45) is 0 Å². The van der Waals surface area contributed by atoms with Crippen LogP contribution >= 0.6 is 11.6 Å². The van der Waals surface area contributed by atoms with E-state index in [4.69, 9.17) is 24.2 Å². The Kier molecular flexibility index (Phi) is 4.21. The fraction of sp³-hybridized carbons (Fsp3) is 0.350. The zero-order chi connectivity index (χ0) is 22.5. The number of fused-ring (bicyclic) bond motifs is 3. The predicted molar refractivity (Wildman–Crippen MR) is 104 cm³/mol. The van der Waals surface area contributed by atoms with E-state index in [9.17, 15) is 31.1 Å². The van der Waals surface area contributed by atoms with Crippen LogP contribution < -0.4 is 9.38 Å². The third-order valence-electron chi connectivity index (χ3n) is 6.35. The molecule has 0 radical (unpaired) electrons. The van der Waals surface area contributed by atoms with E-state index in [1.54, 1.807) is 0 Å². The summed E-state index contributed by atoms with van der Waals surface area (Å²) in [4.78, 5) is 14.8. The number of carbonyl (C=O) groups excluding carboxylic acids is 1. The van der Waals surface area contributed by atoms with Crippen molar-refractivity contribution in [3.05, 3.63) is 52.3 Å². The van der Waals surface area contributed by atoms with Gasteiger partial charge in [-0.3, -0.25) is 0 Å². The van der Waals surface area contributed by atoms with Gasteiger partial charge in [0, 0.05) is 19.0 Å². The van der Waals surface area contributed by atoms with Crippen LogP contribution in [-0.2, 0) is 18.8 Å². The van der Waals surface area contributed by atoms with E-state index in [1.165, 1.54) is 17.0 Å². The van der Waals surface area contributed by atoms with Crippen LogP contribution in [0, 0.1) is 5.82 Å². The molecule has 0 N–H and O–H groups in total. The van der Waals surface area contributed by atoms with Gasteiger partial charge in [-0.25, -0.2) is 18.0 Å². The Labute approximate surface area is 183 Å². The van der Waals surface area contributed by atoms with Gasteiger partial charge in [0.05, 0.1) is 22.7 Å². The fourth-order valence-electron chi connectivity index (χ4n) is 4.99. The van der Waals surface area contributed by atoms with Crippen molar-refractivity contribution >= 4 is 41.5 Å². The van der Waals surface area contributed by atoms with Crippen molar-refractivity contribution in [1.29, 1.82) is 0 Å². The molecule has 3 unspecified atom stereocenters. The number of benzene rings is 2. The molecule has 5 rings (SSSR count). The van der Waals surface area contributed by atoms with Gasteiger partial charge in [0.15, 0.2) is 6.04 Å². The van der Waals surface area contributed by atoms with Crippen LogP contribution in [0.5, 0.6) is 0 Å². The number of nitrogens with zero attached hydrogens (tertiary/aromatic N) is 2. The van der Waals surface area contributed by atoms with E-state index in [-0.39, 0.29) is 28.4 Å². The second kappa shape index (κ2) is 6.26. The lowest BCUT2D eigenvalue weighted by molar-refractivity contribution is -0.137. The smallest absolute Gasteiger partial charge is 0.417 e. The first-order chi connectivity index (χ1) is 14.4. The van der Waals surface area contributed by atoms with E-state index in [0.717, 1.165) is 18.2 Å². The van der Waals surface area contributed by atoms with Crippen molar-refractivity contribution < 1.29 is 31.1 Å². The standard InChI is InChI=1S/C20H13ClF6N2OS/c21-12-6-10-14(7-11(12)20(25,26)27)28-4-3-19(23,24)8-15-17(28)29(15,18(10)30)9-1-2-13(22)16(31)5-9/h1-2,5-7,15,17H,3-4,8H2. The number of hydrogen-bond donors (Lipinski definition) is 0. The SMILES string of the molecule is O=C1c2cc(Cl)c(C(F)(F)F)cc2N2CCC(F)(F)CC3C2[N+]13c1ccc(F)c([S-])c1. The molecule has 0 saturated carbocycles. The quantitative estimate of drug-likeness (QED) is 0.233. The van der Waals surface area contributed by atoms with Crippen molar-refractivity contribution in [2.45, 2.75) is 42.0 Å².